The largest absolute Gasteiger partial charge is 0.433 e. The van der Waals surface area contributed by atoms with Crippen LogP contribution in [0.1, 0.15) is 80.7 Å². The van der Waals surface area contributed by atoms with E-state index in [-0.39, 0.29) is 11.3 Å². The summed E-state index contributed by atoms with van der Waals surface area (Å²) in [6.45, 7) is 4.00. The van der Waals surface area contributed by atoms with E-state index in [1.807, 2.05) is 13.8 Å². The van der Waals surface area contributed by atoms with Gasteiger partial charge in [0.15, 0.2) is 11.3 Å². The Morgan fingerprint density at radius 1 is 1.19 bits per heavy atom. The first-order valence-electron chi connectivity index (χ1n) is 11.0. The van der Waals surface area contributed by atoms with Crippen LogP contribution in [0.2, 0.25) is 0 Å². The fourth-order valence-electron chi connectivity index (χ4n) is 5.01. The van der Waals surface area contributed by atoms with Crippen LogP contribution in [-0.2, 0) is 12.6 Å². The number of likely N-dealkylation sites (tertiary alicyclic amines) is 1. The summed E-state index contributed by atoms with van der Waals surface area (Å²) in [5.41, 5.74) is -1.14. The van der Waals surface area contributed by atoms with Gasteiger partial charge in [0.2, 0.25) is 0 Å². The van der Waals surface area contributed by atoms with Crippen molar-refractivity contribution in [2.24, 2.45) is 5.92 Å². The third-order valence-corrected chi connectivity index (χ3v) is 6.61. The van der Waals surface area contributed by atoms with E-state index in [1.165, 1.54) is 12.5 Å². The molecule has 2 fully saturated rings. The molecule has 1 aliphatic carbocycles. The standard InChI is InChI=1S/C22H29F3N4O2/c1-21(2)13-16(30)8-9-28(21)20(31)17-12-19-26-15(10-14-6-4-3-5-7-14)11-18(22(23,24)25)29(19)27-17/h11-12,14,16,30H,3-10,13H2,1-2H3. The number of carbonyl (C=O) groups excluding carboxylic acids is 1. The predicted molar refractivity (Wildman–Crippen MR) is 109 cm³/mol. The molecule has 2 aromatic rings. The topological polar surface area (TPSA) is 70.7 Å². The van der Waals surface area contributed by atoms with Crippen molar-refractivity contribution >= 4 is 11.6 Å². The first kappa shape index (κ1) is 22.0. The summed E-state index contributed by atoms with van der Waals surface area (Å²) in [5, 5.41) is 13.9. The van der Waals surface area contributed by atoms with Crippen molar-refractivity contribution in [2.45, 2.75) is 83.0 Å². The number of alkyl halides is 3. The van der Waals surface area contributed by atoms with Crippen molar-refractivity contribution in [1.29, 1.82) is 0 Å². The molecular formula is C22H29F3N4O2. The van der Waals surface area contributed by atoms with Gasteiger partial charge in [-0.15, -0.1) is 0 Å². The quantitative estimate of drug-likeness (QED) is 0.778. The molecule has 3 heterocycles. The van der Waals surface area contributed by atoms with Gasteiger partial charge in [-0.05, 0) is 45.1 Å². The van der Waals surface area contributed by atoms with Crippen LogP contribution in [0.5, 0.6) is 0 Å². The Hall–Kier alpha value is -2.16. The third kappa shape index (κ3) is 4.56. The Kier molecular flexibility index (Phi) is 5.74. The maximum atomic E-state index is 13.8. The number of aromatic nitrogens is 3. The van der Waals surface area contributed by atoms with Gasteiger partial charge in [-0.3, -0.25) is 4.79 Å². The highest BCUT2D eigenvalue weighted by Crippen LogP contribution is 2.33. The van der Waals surface area contributed by atoms with E-state index in [9.17, 15) is 23.1 Å². The summed E-state index contributed by atoms with van der Waals surface area (Å²) in [6, 6.07) is 2.42. The van der Waals surface area contributed by atoms with Crippen LogP contribution in [0.25, 0.3) is 5.65 Å². The number of hydrogen-bond donors (Lipinski definition) is 1. The Balaban J connectivity index is 1.69. The number of aliphatic hydroxyl groups is 1. The number of carbonyl (C=O) groups is 1. The highest BCUT2D eigenvalue weighted by Gasteiger charge is 2.39. The molecule has 0 radical (unpaired) electrons. The molecule has 2 aliphatic rings. The van der Waals surface area contributed by atoms with E-state index < -0.39 is 29.4 Å². The number of hydrogen-bond acceptors (Lipinski definition) is 4. The normalized spacial score (nSPS) is 22.8. The van der Waals surface area contributed by atoms with Crippen molar-refractivity contribution in [1.82, 2.24) is 19.5 Å². The SMILES string of the molecule is CC1(C)CC(O)CCN1C(=O)c1cc2nc(CC3CCCCC3)cc(C(F)(F)F)n2n1. The molecule has 0 spiro atoms. The lowest BCUT2D eigenvalue weighted by Crippen LogP contribution is -2.54. The van der Waals surface area contributed by atoms with E-state index in [1.54, 1.807) is 4.90 Å². The second-order valence-electron chi connectivity index (χ2n) is 9.55. The molecule has 6 nitrogen and oxygen atoms in total. The van der Waals surface area contributed by atoms with Crippen LogP contribution in [0.3, 0.4) is 0 Å². The zero-order valence-corrected chi connectivity index (χ0v) is 18.0. The molecule has 1 unspecified atom stereocenters. The van der Waals surface area contributed by atoms with E-state index in [0.29, 0.717) is 37.4 Å². The fourth-order valence-corrected chi connectivity index (χ4v) is 5.01. The molecule has 1 N–H and O–H groups in total. The molecule has 31 heavy (non-hydrogen) atoms. The molecule has 1 atom stereocenters. The van der Waals surface area contributed by atoms with Crippen LogP contribution in [0.4, 0.5) is 13.2 Å². The van der Waals surface area contributed by atoms with E-state index in [4.69, 9.17) is 0 Å². The lowest BCUT2D eigenvalue weighted by atomic mass is 9.86. The molecular weight excluding hydrogens is 409 g/mol. The van der Waals surface area contributed by atoms with Gasteiger partial charge in [0.25, 0.3) is 5.91 Å². The lowest BCUT2D eigenvalue weighted by molar-refractivity contribution is -0.142. The van der Waals surface area contributed by atoms with Crippen molar-refractivity contribution in [3.63, 3.8) is 0 Å². The molecule has 1 saturated heterocycles. The van der Waals surface area contributed by atoms with Gasteiger partial charge in [0.1, 0.15) is 5.69 Å². The second kappa shape index (κ2) is 8.07. The molecule has 9 heteroatoms. The predicted octanol–water partition coefficient (Wildman–Crippen LogP) is 4.25. The van der Waals surface area contributed by atoms with E-state index in [2.05, 4.69) is 10.1 Å². The highest BCUT2D eigenvalue weighted by atomic mass is 19.4. The van der Waals surface area contributed by atoms with Gasteiger partial charge in [-0.1, -0.05) is 32.1 Å². The molecule has 0 bridgehead atoms. The molecule has 0 aromatic carbocycles. The van der Waals surface area contributed by atoms with Gasteiger partial charge in [-0.25, -0.2) is 9.50 Å². The Bertz CT molecular complexity index is 964. The van der Waals surface area contributed by atoms with E-state index in [0.717, 1.165) is 36.3 Å². The van der Waals surface area contributed by atoms with Crippen molar-refractivity contribution in [3.05, 3.63) is 29.2 Å². The van der Waals surface area contributed by atoms with Gasteiger partial charge in [0.05, 0.1) is 6.10 Å². The molecule has 1 saturated carbocycles. The smallest absolute Gasteiger partial charge is 0.393 e. The van der Waals surface area contributed by atoms with Crippen LogP contribution in [0.15, 0.2) is 12.1 Å². The average molecular weight is 438 g/mol. The van der Waals surface area contributed by atoms with Crippen molar-refractivity contribution in [2.75, 3.05) is 6.54 Å². The van der Waals surface area contributed by atoms with Gasteiger partial charge in [-0.2, -0.15) is 18.3 Å². The van der Waals surface area contributed by atoms with Crippen LogP contribution in [0, 0.1) is 5.92 Å². The van der Waals surface area contributed by atoms with Gasteiger partial charge in [0, 0.05) is 23.8 Å². The summed E-state index contributed by atoms with van der Waals surface area (Å²) in [6.07, 6.45) is 1.63. The van der Waals surface area contributed by atoms with E-state index >= 15 is 0 Å². The monoisotopic (exact) mass is 438 g/mol. The minimum atomic E-state index is -4.61. The average Bonchev–Trinajstić information content (AvgIpc) is 3.10. The molecule has 1 aliphatic heterocycles. The zero-order chi connectivity index (χ0) is 22.4. The van der Waals surface area contributed by atoms with Crippen molar-refractivity contribution < 1.29 is 23.1 Å². The molecule has 1 amide bonds. The van der Waals surface area contributed by atoms with Crippen LogP contribution < -0.4 is 0 Å². The summed E-state index contributed by atoms with van der Waals surface area (Å²) in [7, 11) is 0. The highest BCUT2D eigenvalue weighted by molar-refractivity contribution is 5.94. The Morgan fingerprint density at radius 3 is 2.55 bits per heavy atom. The first-order chi connectivity index (χ1) is 14.5. The maximum Gasteiger partial charge on any atom is 0.433 e. The number of halogens is 3. The van der Waals surface area contributed by atoms with Gasteiger partial charge >= 0.3 is 6.18 Å². The maximum absolute atomic E-state index is 13.8. The number of nitrogens with zero attached hydrogens (tertiary/aromatic N) is 4. The number of amides is 1. The zero-order valence-electron chi connectivity index (χ0n) is 18.0. The fraction of sp³-hybridized carbons (Fsp3) is 0.682. The first-order valence-corrected chi connectivity index (χ1v) is 11.0. The molecule has 4 rings (SSSR count). The summed E-state index contributed by atoms with van der Waals surface area (Å²) < 4.78 is 42.1. The third-order valence-electron chi connectivity index (χ3n) is 6.61. The minimum absolute atomic E-state index is 0.0406. The summed E-state index contributed by atoms with van der Waals surface area (Å²) >= 11 is 0. The van der Waals surface area contributed by atoms with Crippen molar-refractivity contribution in [3.8, 4) is 0 Å². The van der Waals surface area contributed by atoms with Crippen LogP contribution >= 0.6 is 0 Å². The molecule has 2 aromatic heterocycles. The summed E-state index contributed by atoms with van der Waals surface area (Å²) in [5.74, 6) is -0.0984. The molecule has 170 valence electrons. The second-order valence-corrected chi connectivity index (χ2v) is 9.55. The summed E-state index contributed by atoms with van der Waals surface area (Å²) in [4.78, 5) is 19.1. The Morgan fingerprint density at radius 2 is 1.90 bits per heavy atom. The van der Waals surface area contributed by atoms with Gasteiger partial charge < -0.3 is 10.0 Å². The number of piperidine rings is 1. The lowest BCUT2D eigenvalue weighted by Gasteiger charge is -2.44. The minimum Gasteiger partial charge on any atom is -0.393 e. The Labute approximate surface area is 179 Å². The number of rotatable bonds is 3. The number of fused-ring (bicyclic) bond motifs is 1. The number of aliphatic hydroxyl groups excluding tert-OH is 1. The van der Waals surface area contributed by atoms with Crippen LogP contribution in [-0.4, -0.2) is 48.7 Å².